The number of benzene rings is 1. The van der Waals surface area contributed by atoms with Crippen molar-refractivity contribution in [3.63, 3.8) is 0 Å². The number of nitriles is 1. The van der Waals surface area contributed by atoms with Crippen molar-refractivity contribution in [2.24, 2.45) is 0 Å². The van der Waals surface area contributed by atoms with Crippen LogP contribution >= 0.6 is 0 Å². The topological polar surface area (TPSA) is 138 Å². The van der Waals surface area contributed by atoms with Gasteiger partial charge in [0.05, 0.1) is 37.9 Å². The largest absolute Gasteiger partial charge is 0.463 e. The molecule has 0 aliphatic carbocycles. The van der Waals surface area contributed by atoms with Gasteiger partial charge in [0.1, 0.15) is 18.0 Å². The number of ether oxygens (including phenoxy) is 3. The van der Waals surface area contributed by atoms with E-state index < -0.39 is 29.8 Å². The highest BCUT2D eigenvalue weighted by atomic mass is 16.6. The van der Waals surface area contributed by atoms with Gasteiger partial charge < -0.3 is 28.9 Å². The van der Waals surface area contributed by atoms with E-state index in [0.29, 0.717) is 44.1 Å². The van der Waals surface area contributed by atoms with E-state index in [1.54, 1.807) is 30.6 Å². The number of anilines is 1. The van der Waals surface area contributed by atoms with Crippen molar-refractivity contribution in [3.8, 4) is 6.07 Å². The zero-order valence-electron chi connectivity index (χ0n) is 23.3. The van der Waals surface area contributed by atoms with Gasteiger partial charge in [-0.3, -0.25) is 0 Å². The molecule has 1 fully saturated rings. The van der Waals surface area contributed by atoms with Crippen molar-refractivity contribution < 1.29 is 28.6 Å². The van der Waals surface area contributed by atoms with Crippen LogP contribution in [-0.2, 0) is 33.8 Å². The van der Waals surface area contributed by atoms with Crippen LogP contribution in [0, 0.1) is 11.3 Å². The van der Waals surface area contributed by atoms with Crippen LogP contribution in [0.5, 0.6) is 0 Å². The Labute approximate surface area is 233 Å². The summed E-state index contributed by atoms with van der Waals surface area (Å²) in [6.07, 6.45) is -0.403. The van der Waals surface area contributed by atoms with Gasteiger partial charge in [0.15, 0.2) is 0 Å². The van der Waals surface area contributed by atoms with E-state index in [0.717, 1.165) is 11.1 Å². The van der Waals surface area contributed by atoms with Crippen molar-refractivity contribution in [2.45, 2.75) is 58.4 Å². The third-order valence-corrected chi connectivity index (χ3v) is 6.61. The standard InChI is InChI=1S/C28H34N6O6/c1-28(2,3)40-26(36)33-13-11-21-22(17-33)30-23(25(35)38-4)31-24(21)32-14-15-34(20(16-32)10-12-29)27(37)39-18-19-8-6-5-7-9-19/h5-9,20H,10-11,13-18H2,1-4H3/t20-/m0/s1. The smallest absolute Gasteiger partial charge is 0.410 e. The van der Waals surface area contributed by atoms with E-state index in [2.05, 4.69) is 16.0 Å². The second kappa shape index (κ2) is 12.2. The fourth-order valence-corrected chi connectivity index (χ4v) is 4.71. The normalized spacial score (nSPS) is 17.0. The van der Waals surface area contributed by atoms with Gasteiger partial charge in [-0.1, -0.05) is 30.3 Å². The lowest BCUT2D eigenvalue weighted by Gasteiger charge is -2.41. The summed E-state index contributed by atoms with van der Waals surface area (Å²) in [7, 11) is 1.25. The van der Waals surface area contributed by atoms with Gasteiger partial charge in [0.2, 0.25) is 5.82 Å². The van der Waals surface area contributed by atoms with E-state index in [1.165, 1.54) is 7.11 Å². The Morgan fingerprint density at radius 1 is 1.07 bits per heavy atom. The summed E-state index contributed by atoms with van der Waals surface area (Å²) in [5, 5.41) is 9.50. The number of rotatable bonds is 5. The highest BCUT2D eigenvalue weighted by molar-refractivity contribution is 5.86. The number of carbonyl (C=O) groups is 3. The molecule has 3 heterocycles. The van der Waals surface area contributed by atoms with Gasteiger partial charge >= 0.3 is 18.2 Å². The van der Waals surface area contributed by atoms with Crippen LogP contribution in [0.3, 0.4) is 0 Å². The summed E-state index contributed by atoms with van der Waals surface area (Å²) < 4.78 is 15.9. The molecule has 0 N–H and O–H groups in total. The van der Waals surface area contributed by atoms with Crippen molar-refractivity contribution in [3.05, 3.63) is 53.0 Å². The molecular formula is C28H34N6O6. The maximum atomic E-state index is 13.0. The number of piperazine rings is 1. The SMILES string of the molecule is COC(=O)c1nc2c(c(N3CCN(C(=O)OCc4ccccc4)[C@@H](CC#N)C3)n1)CCN(C(=O)OC(C)(C)C)C2. The minimum atomic E-state index is -0.699. The van der Waals surface area contributed by atoms with Gasteiger partial charge in [0, 0.05) is 31.7 Å². The Hall–Kier alpha value is -4.40. The molecule has 0 saturated carbocycles. The van der Waals surface area contributed by atoms with Crippen molar-refractivity contribution >= 4 is 24.0 Å². The summed E-state index contributed by atoms with van der Waals surface area (Å²) in [4.78, 5) is 52.2. The maximum Gasteiger partial charge on any atom is 0.410 e. The highest BCUT2D eigenvalue weighted by Gasteiger charge is 2.36. The zero-order valence-corrected chi connectivity index (χ0v) is 23.3. The van der Waals surface area contributed by atoms with Gasteiger partial charge in [-0.2, -0.15) is 5.26 Å². The summed E-state index contributed by atoms with van der Waals surface area (Å²) in [6, 6.07) is 11.1. The van der Waals surface area contributed by atoms with Crippen molar-refractivity contribution in [2.75, 3.05) is 38.2 Å². The molecule has 0 radical (unpaired) electrons. The Kier molecular flexibility index (Phi) is 8.72. The van der Waals surface area contributed by atoms with Crippen LogP contribution < -0.4 is 4.90 Å². The molecule has 2 aliphatic rings. The second-order valence-electron chi connectivity index (χ2n) is 10.6. The number of hydrogen-bond donors (Lipinski definition) is 0. The van der Waals surface area contributed by atoms with E-state index in [9.17, 15) is 19.6 Å². The molecular weight excluding hydrogens is 516 g/mol. The molecule has 40 heavy (non-hydrogen) atoms. The number of hydrogen-bond acceptors (Lipinski definition) is 10. The van der Waals surface area contributed by atoms with Gasteiger partial charge in [-0.05, 0) is 32.8 Å². The van der Waals surface area contributed by atoms with Crippen LogP contribution in [0.2, 0.25) is 0 Å². The predicted molar refractivity (Wildman–Crippen MR) is 143 cm³/mol. The summed E-state index contributed by atoms with van der Waals surface area (Å²) in [5.41, 5.74) is 1.56. The summed E-state index contributed by atoms with van der Waals surface area (Å²) in [6.45, 7) is 7.09. The fraction of sp³-hybridized carbons (Fsp3) is 0.500. The van der Waals surface area contributed by atoms with E-state index >= 15 is 0 Å². The molecule has 12 nitrogen and oxygen atoms in total. The average molecular weight is 551 g/mol. The number of aromatic nitrogens is 2. The molecule has 2 aliphatic heterocycles. The lowest BCUT2D eigenvalue weighted by atomic mass is 10.0. The van der Waals surface area contributed by atoms with Gasteiger partial charge in [0.25, 0.3) is 0 Å². The Balaban J connectivity index is 1.55. The molecule has 0 bridgehead atoms. The molecule has 212 valence electrons. The molecule has 1 saturated heterocycles. The number of amides is 2. The number of fused-ring (bicyclic) bond motifs is 1. The molecule has 2 amide bonds. The Bertz CT molecular complexity index is 1290. The first-order chi connectivity index (χ1) is 19.1. The first kappa shape index (κ1) is 28.6. The van der Waals surface area contributed by atoms with E-state index in [1.807, 2.05) is 35.2 Å². The Morgan fingerprint density at radius 3 is 2.50 bits per heavy atom. The monoisotopic (exact) mass is 550 g/mol. The molecule has 0 unspecified atom stereocenters. The second-order valence-corrected chi connectivity index (χ2v) is 10.6. The minimum Gasteiger partial charge on any atom is -0.463 e. The van der Waals surface area contributed by atoms with Gasteiger partial charge in [-0.25, -0.2) is 24.4 Å². The Morgan fingerprint density at radius 2 is 1.82 bits per heavy atom. The maximum absolute atomic E-state index is 13.0. The molecule has 12 heteroatoms. The average Bonchev–Trinajstić information content (AvgIpc) is 2.94. The van der Waals surface area contributed by atoms with Crippen molar-refractivity contribution in [1.82, 2.24) is 19.8 Å². The number of esters is 1. The number of carbonyl (C=O) groups excluding carboxylic acids is 3. The number of nitrogens with zero attached hydrogens (tertiary/aromatic N) is 6. The third-order valence-electron chi connectivity index (χ3n) is 6.61. The first-order valence-corrected chi connectivity index (χ1v) is 13.1. The highest BCUT2D eigenvalue weighted by Crippen LogP contribution is 2.30. The fourth-order valence-electron chi connectivity index (χ4n) is 4.71. The first-order valence-electron chi connectivity index (χ1n) is 13.1. The van der Waals surface area contributed by atoms with Crippen LogP contribution in [0.25, 0.3) is 0 Å². The zero-order chi connectivity index (χ0) is 28.9. The van der Waals surface area contributed by atoms with Crippen LogP contribution in [0.1, 0.15) is 54.6 Å². The van der Waals surface area contributed by atoms with Crippen LogP contribution in [-0.4, -0.2) is 82.9 Å². The number of methoxy groups -OCH3 is 1. The van der Waals surface area contributed by atoms with Crippen LogP contribution in [0.15, 0.2) is 30.3 Å². The third kappa shape index (κ3) is 6.77. The van der Waals surface area contributed by atoms with E-state index in [-0.39, 0.29) is 25.4 Å². The molecule has 1 aromatic carbocycles. The van der Waals surface area contributed by atoms with Crippen molar-refractivity contribution in [1.29, 1.82) is 5.26 Å². The molecule has 2 aromatic rings. The van der Waals surface area contributed by atoms with E-state index in [4.69, 9.17) is 14.2 Å². The minimum absolute atomic E-state index is 0.0977. The van der Waals surface area contributed by atoms with Gasteiger partial charge in [-0.15, -0.1) is 0 Å². The quantitative estimate of drug-likeness (QED) is 0.403. The molecule has 1 aromatic heterocycles. The summed E-state index contributed by atoms with van der Waals surface area (Å²) in [5.74, 6) is -0.284. The predicted octanol–water partition coefficient (Wildman–Crippen LogP) is 3.30. The molecule has 1 atom stereocenters. The lowest BCUT2D eigenvalue weighted by molar-refractivity contribution is 0.0220. The van der Waals surface area contributed by atoms with Crippen LogP contribution in [0.4, 0.5) is 15.4 Å². The molecule has 0 spiro atoms. The lowest BCUT2D eigenvalue weighted by Crippen LogP contribution is -2.56. The summed E-state index contributed by atoms with van der Waals surface area (Å²) >= 11 is 0. The molecule has 4 rings (SSSR count).